The van der Waals surface area contributed by atoms with Crippen LogP contribution in [0.4, 0.5) is 16.2 Å². The van der Waals surface area contributed by atoms with Crippen molar-refractivity contribution in [2.75, 3.05) is 51.1 Å². The number of morpholine rings is 1. The summed E-state index contributed by atoms with van der Waals surface area (Å²) < 4.78 is 30.4. The Morgan fingerprint density at radius 1 is 0.775 bits per heavy atom. The Hall–Kier alpha value is -8.82. The Labute approximate surface area is 462 Å². The van der Waals surface area contributed by atoms with E-state index < -0.39 is 64.4 Å². The van der Waals surface area contributed by atoms with Gasteiger partial charge in [-0.2, -0.15) is 0 Å². The molecule has 6 aliphatic rings. The molecule has 17 heteroatoms. The van der Waals surface area contributed by atoms with Crippen molar-refractivity contribution >= 4 is 35.3 Å². The summed E-state index contributed by atoms with van der Waals surface area (Å²) in [4.78, 5) is 82.5. The zero-order chi connectivity index (χ0) is 54.9. The Bertz CT molecular complexity index is 3460. The number of nitro benzene ring substituents is 1. The first-order valence-electron chi connectivity index (χ1n) is 27.0. The summed E-state index contributed by atoms with van der Waals surface area (Å²) in [5, 5.41) is 21.8. The minimum atomic E-state index is -2.13. The number of amides is 3. The summed E-state index contributed by atoms with van der Waals surface area (Å²) in [7, 11) is 0. The van der Waals surface area contributed by atoms with Gasteiger partial charge in [0.1, 0.15) is 36.5 Å². The summed E-state index contributed by atoms with van der Waals surface area (Å²) in [6.07, 6.45) is 3.86. The molecule has 0 radical (unpaired) electrons. The van der Waals surface area contributed by atoms with E-state index in [4.69, 9.17) is 23.7 Å². The number of rotatable bonds is 12. The van der Waals surface area contributed by atoms with Crippen molar-refractivity contribution in [2.24, 2.45) is 5.92 Å². The molecule has 0 saturated carbocycles. The van der Waals surface area contributed by atoms with Crippen molar-refractivity contribution in [3.63, 3.8) is 0 Å². The van der Waals surface area contributed by atoms with Gasteiger partial charge in [0.25, 0.3) is 5.69 Å². The molecule has 80 heavy (non-hydrogen) atoms. The second-order valence-electron chi connectivity index (χ2n) is 20.7. The lowest BCUT2D eigenvalue weighted by atomic mass is 9.64. The zero-order valence-electron chi connectivity index (χ0n) is 43.7. The van der Waals surface area contributed by atoms with E-state index in [-0.39, 0.29) is 62.4 Å². The number of nitrogens with zero attached hydrogens (tertiary/aromatic N) is 5. The molecule has 0 bridgehead atoms. The molecule has 6 unspecified atom stereocenters. The number of aliphatic hydroxyl groups excluding tert-OH is 1. The van der Waals surface area contributed by atoms with Crippen molar-refractivity contribution in [2.45, 2.75) is 68.5 Å². The molecule has 1 spiro atoms. The SMILES string of the molecule is O=C1OC(c2ccccc2)C(c2ccccc2)N2C1C(C(=O)N1CCN(Cc3ccc4c(c3)OCO4)CC1)C1(C(=O)N(C(=O)OCc3ccc([N+](=O)[O-])cc3)c3ccc(C#CC4=CCCCC4)cc31)C2c1ccccc1OCCO. The Kier molecular flexibility index (Phi) is 14.4. The van der Waals surface area contributed by atoms with Gasteiger partial charge in [-0.05, 0) is 108 Å². The van der Waals surface area contributed by atoms with E-state index in [0.29, 0.717) is 53.4 Å². The van der Waals surface area contributed by atoms with Crippen LogP contribution in [0.25, 0.3) is 0 Å². The van der Waals surface area contributed by atoms with Crippen molar-refractivity contribution in [1.29, 1.82) is 0 Å². The number of allylic oxidation sites excluding steroid dienone is 2. The molecular weight excluding hydrogens is 1020 g/mol. The molecule has 6 aromatic rings. The molecule has 12 rings (SSSR count). The number of hydrogen-bond donors (Lipinski definition) is 1. The average molecular weight is 1080 g/mol. The number of benzene rings is 6. The number of hydrogen-bond acceptors (Lipinski definition) is 14. The molecule has 5 aliphatic heterocycles. The summed E-state index contributed by atoms with van der Waals surface area (Å²) >= 11 is 0. The quantitative estimate of drug-likeness (QED) is 0.0529. The number of aliphatic hydroxyl groups is 1. The third-order valence-electron chi connectivity index (χ3n) is 16.2. The van der Waals surface area contributed by atoms with E-state index in [1.54, 1.807) is 47.4 Å². The number of esters is 1. The third kappa shape index (κ3) is 9.48. The number of non-ortho nitro benzene ring substituents is 1. The number of cyclic esters (lactones) is 1. The number of carbonyl (C=O) groups excluding carboxylic acids is 4. The lowest BCUT2D eigenvalue weighted by Gasteiger charge is -2.46. The fraction of sp³-hybridized carbons (Fsp3) is 0.302. The molecule has 3 amide bonds. The second-order valence-corrected chi connectivity index (χ2v) is 20.7. The molecule has 6 atom stereocenters. The van der Waals surface area contributed by atoms with Crippen LogP contribution in [0.15, 0.2) is 157 Å². The van der Waals surface area contributed by atoms with Gasteiger partial charge in [0.05, 0.1) is 35.2 Å². The monoisotopic (exact) mass is 1080 g/mol. The summed E-state index contributed by atoms with van der Waals surface area (Å²) in [6.45, 7) is 1.23. The minimum Gasteiger partial charge on any atom is -0.491 e. The highest BCUT2D eigenvalue weighted by Crippen LogP contribution is 2.67. The summed E-state index contributed by atoms with van der Waals surface area (Å²) in [6, 6.07) is 38.9. The molecule has 17 nitrogen and oxygen atoms in total. The fourth-order valence-electron chi connectivity index (χ4n) is 12.6. The molecule has 1 aliphatic carbocycles. The van der Waals surface area contributed by atoms with Crippen LogP contribution in [0, 0.1) is 27.9 Å². The third-order valence-corrected chi connectivity index (χ3v) is 16.2. The van der Waals surface area contributed by atoms with Gasteiger partial charge in [-0.3, -0.25) is 34.3 Å². The van der Waals surface area contributed by atoms with Crippen LogP contribution in [0.1, 0.15) is 82.8 Å². The number of para-hydroxylation sites is 1. The molecule has 0 aromatic heterocycles. The van der Waals surface area contributed by atoms with Gasteiger partial charge in [0, 0.05) is 56.0 Å². The first-order valence-corrected chi connectivity index (χ1v) is 27.0. The van der Waals surface area contributed by atoms with E-state index in [1.807, 2.05) is 83.8 Å². The number of anilines is 1. The fourth-order valence-corrected chi connectivity index (χ4v) is 12.6. The van der Waals surface area contributed by atoms with Gasteiger partial charge >= 0.3 is 12.1 Å². The van der Waals surface area contributed by atoms with E-state index in [9.17, 15) is 15.2 Å². The first-order chi connectivity index (χ1) is 39.1. The van der Waals surface area contributed by atoms with Gasteiger partial charge in [-0.25, -0.2) is 9.69 Å². The number of ether oxygens (including phenoxy) is 5. The van der Waals surface area contributed by atoms with Crippen molar-refractivity contribution < 1.29 is 52.9 Å². The van der Waals surface area contributed by atoms with Crippen LogP contribution in [0.3, 0.4) is 0 Å². The van der Waals surface area contributed by atoms with Gasteiger partial charge < -0.3 is 33.7 Å². The topological polar surface area (TPSA) is 191 Å². The van der Waals surface area contributed by atoms with E-state index in [2.05, 4.69) is 22.8 Å². The van der Waals surface area contributed by atoms with E-state index >= 15 is 19.2 Å². The largest absolute Gasteiger partial charge is 0.491 e. The molecule has 3 fully saturated rings. The Morgan fingerprint density at radius 2 is 1.50 bits per heavy atom. The van der Waals surface area contributed by atoms with Crippen LogP contribution in [-0.2, 0) is 42.4 Å². The number of imide groups is 1. The lowest BCUT2D eigenvalue weighted by molar-refractivity contribution is -0.384. The van der Waals surface area contributed by atoms with Crippen LogP contribution in [0.5, 0.6) is 17.2 Å². The van der Waals surface area contributed by atoms with Gasteiger partial charge in [0.2, 0.25) is 18.6 Å². The first kappa shape index (κ1) is 51.9. The highest BCUT2D eigenvalue weighted by molar-refractivity contribution is 6.23. The van der Waals surface area contributed by atoms with Crippen LogP contribution >= 0.6 is 0 Å². The maximum Gasteiger partial charge on any atom is 0.421 e. The van der Waals surface area contributed by atoms with Crippen LogP contribution in [0.2, 0.25) is 0 Å². The maximum absolute atomic E-state index is 17.0. The standard InChI is InChI=1S/C63H57N5O12/c69-34-35-76-51-19-11-10-18-48(51)58-63(49-36-42(21-20-41-12-4-1-5-13-41)24-28-50(49)66(61(63)72)62(73)77-39-43-22-26-47(27-23-43)68(74)75)54(59(70)65-32-30-64(31-33-65)38-44-25-29-52-53(37-44)79-40-78-52)56-60(71)80-57(46-16-8-3-9-17-46)55(67(56)58)45-14-6-2-7-15-45/h2-3,6-12,14-19,22-29,36-37,54-58,69H,1,4-5,13,30-35,38-40H2. The highest BCUT2D eigenvalue weighted by atomic mass is 16.7. The minimum absolute atomic E-state index is 0.125. The molecule has 406 valence electrons. The van der Waals surface area contributed by atoms with Gasteiger partial charge in [-0.1, -0.05) is 103 Å². The van der Waals surface area contributed by atoms with Gasteiger partial charge in [-0.15, -0.1) is 0 Å². The van der Waals surface area contributed by atoms with Crippen molar-refractivity contribution in [1.82, 2.24) is 14.7 Å². The number of fused-ring (bicyclic) bond motifs is 4. The van der Waals surface area contributed by atoms with Gasteiger partial charge in [0.15, 0.2) is 11.5 Å². The summed E-state index contributed by atoms with van der Waals surface area (Å²) in [5.41, 5.74) is 2.83. The smallest absolute Gasteiger partial charge is 0.421 e. The normalized spacial score (nSPS) is 23.1. The maximum atomic E-state index is 17.0. The highest BCUT2D eigenvalue weighted by Gasteiger charge is 2.76. The summed E-state index contributed by atoms with van der Waals surface area (Å²) in [5.74, 6) is 4.73. The van der Waals surface area contributed by atoms with Crippen LogP contribution < -0.4 is 19.1 Å². The predicted molar refractivity (Wildman–Crippen MR) is 292 cm³/mol. The molecule has 5 heterocycles. The van der Waals surface area contributed by atoms with Crippen LogP contribution in [-0.4, -0.2) is 101 Å². The molecule has 3 saturated heterocycles. The Morgan fingerprint density at radius 3 is 2.24 bits per heavy atom. The predicted octanol–water partition coefficient (Wildman–Crippen LogP) is 8.89. The number of carbonyl (C=O) groups is 4. The zero-order valence-corrected chi connectivity index (χ0v) is 43.7. The molecule has 1 N–H and O–H groups in total. The van der Waals surface area contributed by atoms with E-state index in [0.717, 1.165) is 47.3 Å². The molecular formula is C63H57N5O12. The average Bonchev–Trinajstić information content (AvgIpc) is 3.82. The molecule has 6 aromatic carbocycles. The second kappa shape index (κ2) is 22.1. The lowest BCUT2D eigenvalue weighted by Crippen LogP contribution is -2.59. The number of nitro groups is 1. The van der Waals surface area contributed by atoms with Crippen molar-refractivity contribution in [3.8, 4) is 29.1 Å². The number of piperazine rings is 1. The van der Waals surface area contributed by atoms with E-state index in [1.165, 1.54) is 24.3 Å². The van der Waals surface area contributed by atoms with Crippen molar-refractivity contribution in [3.05, 3.63) is 206 Å². The Balaban J connectivity index is 1.06.